The minimum Gasteiger partial charge on any atom is -0.493 e. The molecule has 0 saturated carbocycles. The lowest BCUT2D eigenvalue weighted by atomic mass is 10.0. The van der Waals surface area contributed by atoms with E-state index in [4.69, 9.17) is 4.74 Å². The number of anilines is 2. The average molecular weight is 357 g/mol. The molecule has 0 atom stereocenters. The molecule has 0 fully saturated rings. The van der Waals surface area contributed by atoms with Crippen molar-refractivity contribution in [3.05, 3.63) is 78.4 Å². The van der Waals surface area contributed by atoms with Crippen molar-refractivity contribution in [2.75, 3.05) is 11.9 Å². The summed E-state index contributed by atoms with van der Waals surface area (Å²) in [6, 6.07) is 16.9. The van der Waals surface area contributed by atoms with Gasteiger partial charge in [0, 0.05) is 35.5 Å². The first-order chi connectivity index (χ1) is 13.3. The Balaban J connectivity index is 1.70. The molecule has 0 radical (unpaired) electrons. The number of halogens is 1. The van der Waals surface area contributed by atoms with Crippen LogP contribution in [0.3, 0.4) is 0 Å². The first-order valence-corrected chi connectivity index (χ1v) is 8.81. The Labute approximate surface area is 155 Å². The summed E-state index contributed by atoms with van der Waals surface area (Å²) in [4.78, 5) is 8.62. The molecule has 3 heterocycles. The molecule has 0 unspecified atom stereocenters. The van der Waals surface area contributed by atoms with Gasteiger partial charge in [-0.05, 0) is 42.0 Å². The molecular weight excluding hydrogens is 341 g/mol. The number of para-hydroxylation sites is 1. The van der Waals surface area contributed by atoms with Crippen molar-refractivity contribution in [2.24, 2.45) is 0 Å². The van der Waals surface area contributed by atoms with Crippen LogP contribution in [0.15, 0.2) is 67.0 Å². The Hall–Kier alpha value is -3.47. The normalized spacial score (nSPS) is 12.6. The smallest absolute Gasteiger partial charge is 0.173 e. The SMILES string of the molecule is Fc1c(-c2ccc3c(c2)CCO3)nc2ccccc2c1Nc1ccncc1. The quantitative estimate of drug-likeness (QED) is 0.553. The Morgan fingerprint density at radius 2 is 1.85 bits per heavy atom. The molecule has 2 aromatic carbocycles. The van der Waals surface area contributed by atoms with Crippen LogP contribution in [0.1, 0.15) is 5.56 Å². The molecule has 0 saturated heterocycles. The minimum atomic E-state index is -0.371. The van der Waals surface area contributed by atoms with Crippen molar-refractivity contribution < 1.29 is 9.13 Å². The third-order valence-corrected chi connectivity index (χ3v) is 4.75. The molecule has 0 bridgehead atoms. The van der Waals surface area contributed by atoms with Gasteiger partial charge in [0.05, 0.1) is 17.8 Å². The number of ether oxygens (including phenoxy) is 1. The van der Waals surface area contributed by atoms with Gasteiger partial charge in [-0.15, -0.1) is 0 Å². The van der Waals surface area contributed by atoms with Crippen LogP contribution in [0.2, 0.25) is 0 Å². The van der Waals surface area contributed by atoms with E-state index in [1.807, 2.05) is 42.5 Å². The largest absolute Gasteiger partial charge is 0.493 e. The first kappa shape index (κ1) is 15.8. The van der Waals surface area contributed by atoms with Crippen LogP contribution in [0, 0.1) is 5.82 Å². The van der Waals surface area contributed by atoms with Crippen molar-refractivity contribution in [3.63, 3.8) is 0 Å². The summed E-state index contributed by atoms with van der Waals surface area (Å²) in [7, 11) is 0. The first-order valence-electron chi connectivity index (χ1n) is 8.81. The van der Waals surface area contributed by atoms with Crippen LogP contribution in [-0.2, 0) is 6.42 Å². The third kappa shape index (κ3) is 2.77. The molecule has 132 valence electrons. The van der Waals surface area contributed by atoms with Gasteiger partial charge in [0.2, 0.25) is 0 Å². The molecule has 4 nitrogen and oxygen atoms in total. The van der Waals surface area contributed by atoms with Gasteiger partial charge < -0.3 is 10.1 Å². The lowest BCUT2D eigenvalue weighted by Crippen LogP contribution is -2.00. The van der Waals surface area contributed by atoms with E-state index in [-0.39, 0.29) is 5.82 Å². The molecule has 1 N–H and O–H groups in total. The molecule has 1 aliphatic heterocycles. The van der Waals surface area contributed by atoms with Crippen LogP contribution >= 0.6 is 0 Å². The van der Waals surface area contributed by atoms with Crippen molar-refractivity contribution in [1.82, 2.24) is 9.97 Å². The fourth-order valence-electron chi connectivity index (χ4n) is 3.42. The number of hydrogen-bond acceptors (Lipinski definition) is 4. The topological polar surface area (TPSA) is 47.0 Å². The van der Waals surface area contributed by atoms with Gasteiger partial charge in [-0.25, -0.2) is 9.37 Å². The molecule has 0 amide bonds. The second kappa shape index (κ2) is 6.36. The standard InChI is InChI=1S/C22H16FN3O/c23-20-21(15-5-6-19-14(13-15)9-12-27-19)26-18-4-2-1-3-17(18)22(20)25-16-7-10-24-11-8-16/h1-8,10-11,13H,9,12H2,(H,24,25,26). The predicted molar refractivity (Wildman–Crippen MR) is 104 cm³/mol. The van der Waals surface area contributed by atoms with E-state index in [9.17, 15) is 0 Å². The summed E-state index contributed by atoms with van der Waals surface area (Å²) in [6.45, 7) is 0.668. The monoisotopic (exact) mass is 357 g/mol. The van der Waals surface area contributed by atoms with Crippen LogP contribution in [0.4, 0.5) is 15.8 Å². The highest BCUT2D eigenvalue weighted by atomic mass is 19.1. The molecule has 27 heavy (non-hydrogen) atoms. The Bertz CT molecular complexity index is 1150. The van der Waals surface area contributed by atoms with E-state index in [2.05, 4.69) is 15.3 Å². The van der Waals surface area contributed by atoms with Gasteiger partial charge in [-0.2, -0.15) is 0 Å². The molecule has 2 aromatic heterocycles. The molecular formula is C22H16FN3O. The summed E-state index contributed by atoms with van der Waals surface area (Å²) in [5, 5.41) is 3.93. The number of nitrogens with one attached hydrogen (secondary N) is 1. The summed E-state index contributed by atoms with van der Waals surface area (Å²) >= 11 is 0. The zero-order chi connectivity index (χ0) is 18.2. The number of fused-ring (bicyclic) bond motifs is 2. The van der Waals surface area contributed by atoms with Gasteiger partial charge in [-0.1, -0.05) is 18.2 Å². The molecule has 5 rings (SSSR count). The van der Waals surface area contributed by atoms with Crippen LogP contribution in [0.25, 0.3) is 22.2 Å². The van der Waals surface area contributed by atoms with E-state index in [1.165, 1.54) is 0 Å². The Kier molecular flexibility index (Phi) is 3.71. The van der Waals surface area contributed by atoms with Gasteiger partial charge >= 0.3 is 0 Å². The zero-order valence-corrected chi connectivity index (χ0v) is 14.4. The second-order valence-electron chi connectivity index (χ2n) is 6.45. The highest BCUT2D eigenvalue weighted by Gasteiger charge is 2.19. The maximum Gasteiger partial charge on any atom is 0.173 e. The molecule has 0 spiro atoms. The summed E-state index contributed by atoms with van der Waals surface area (Å²) < 4.78 is 21.1. The maximum absolute atomic E-state index is 15.6. The predicted octanol–water partition coefficient (Wildman–Crippen LogP) is 5.11. The van der Waals surface area contributed by atoms with Crippen LogP contribution in [0.5, 0.6) is 5.75 Å². The number of hydrogen-bond donors (Lipinski definition) is 1. The average Bonchev–Trinajstić information content (AvgIpc) is 3.18. The fourth-order valence-corrected chi connectivity index (χ4v) is 3.42. The van der Waals surface area contributed by atoms with Gasteiger partial charge in [0.15, 0.2) is 5.82 Å². The molecule has 4 aromatic rings. The maximum atomic E-state index is 15.6. The van der Waals surface area contributed by atoms with E-state index >= 15 is 4.39 Å². The number of pyridine rings is 2. The lowest BCUT2D eigenvalue weighted by molar-refractivity contribution is 0.357. The summed E-state index contributed by atoms with van der Waals surface area (Å²) in [5.41, 5.74) is 4.10. The van der Waals surface area contributed by atoms with E-state index in [1.54, 1.807) is 24.5 Å². The van der Waals surface area contributed by atoms with Crippen molar-refractivity contribution in [1.29, 1.82) is 0 Å². The van der Waals surface area contributed by atoms with Crippen molar-refractivity contribution in [2.45, 2.75) is 6.42 Å². The minimum absolute atomic E-state index is 0.333. The second-order valence-corrected chi connectivity index (χ2v) is 6.45. The van der Waals surface area contributed by atoms with Gasteiger partial charge in [0.1, 0.15) is 11.4 Å². The van der Waals surface area contributed by atoms with Gasteiger partial charge in [0.25, 0.3) is 0 Å². The molecule has 0 aliphatic carbocycles. The number of benzene rings is 2. The Morgan fingerprint density at radius 1 is 1.00 bits per heavy atom. The number of nitrogens with zero attached hydrogens (tertiary/aromatic N) is 2. The van der Waals surface area contributed by atoms with Crippen LogP contribution in [-0.4, -0.2) is 16.6 Å². The lowest BCUT2D eigenvalue weighted by Gasteiger charge is -2.14. The zero-order valence-electron chi connectivity index (χ0n) is 14.4. The third-order valence-electron chi connectivity index (χ3n) is 4.75. The highest BCUT2D eigenvalue weighted by Crippen LogP contribution is 2.36. The molecule has 5 heteroatoms. The molecule has 1 aliphatic rings. The fraction of sp³-hybridized carbons (Fsp3) is 0.0909. The summed E-state index contributed by atoms with van der Waals surface area (Å²) in [5.74, 6) is 0.499. The Morgan fingerprint density at radius 3 is 2.74 bits per heavy atom. The van der Waals surface area contributed by atoms with Gasteiger partial charge in [-0.3, -0.25) is 4.98 Å². The van der Waals surface area contributed by atoms with E-state index < -0.39 is 0 Å². The van der Waals surface area contributed by atoms with Crippen molar-refractivity contribution in [3.8, 4) is 17.0 Å². The van der Waals surface area contributed by atoms with E-state index in [0.717, 1.165) is 39.9 Å². The van der Waals surface area contributed by atoms with Crippen molar-refractivity contribution >= 4 is 22.3 Å². The van der Waals surface area contributed by atoms with Crippen LogP contribution < -0.4 is 10.1 Å². The number of rotatable bonds is 3. The summed E-state index contributed by atoms with van der Waals surface area (Å²) in [6.07, 6.45) is 4.18. The van der Waals surface area contributed by atoms with E-state index in [0.29, 0.717) is 18.0 Å². The highest BCUT2D eigenvalue weighted by molar-refractivity contribution is 5.96. The number of aromatic nitrogens is 2.